The van der Waals surface area contributed by atoms with Gasteiger partial charge in [-0.15, -0.1) is 0 Å². The smallest absolute Gasteiger partial charge is 0.0546 e. The molecule has 0 aromatic heterocycles. The summed E-state index contributed by atoms with van der Waals surface area (Å²) in [5.41, 5.74) is 11.2. The molecule has 0 spiro atoms. The van der Waals surface area contributed by atoms with Crippen LogP contribution in [-0.2, 0) is 5.41 Å². The van der Waals surface area contributed by atoms with Gasteiger partial charge in [-0.05, 0) is 95.9 Å². The molecule has 10 rings (SSSR count). The Bertz CT molecular complexity index is 2780. The van der Waals surface area contributed by atoms with Crippen LogP contribution in [0.25, 0.3) is 65.3 Å². The lowest BCUT2D eigenvalue weighted by atomic mass is 9.82. The van der Waals surface area contributed by atoms with Gasteiger partial charge in [0.25, 0.3) is 0 Å². The quantitative estimate of drug-likeness (QED) is 0.174. The molecule has 0 saturated heterocycles. The van der Waals surface area contributed by atoms with E-state index in [1.807, 2.05) is 0 Å². The highest BCUT2D eigenvalue weighted by molar-refractivity contribution is 6.24. The zero-order valence-electron chi connectivity index (χ0n) is 28.2. The molecule has 0 radical (unpaired) electrons. The monoisotopic (exact) mass is 637 g/mol. The van der Waals surface area contributed by atoms with Gasteiger partial charge < -0.3 is 4.90 Å². The van der Waals surface area contributed by atoms with Gasteiger partial charge in [0, 0.05) is 22.1 Å². The van der Waals surface area contributed by atoms with Crippen molar-refractivity contribution in [3.8, 4) is 22.3 Å². The number of hydrogen-bond donors (Lipinski definition) is 0. The second kappa shape index (κ2) is 10.9. The van der Waals surface area contributed by atoms with Gasteiger partial charge >= 0.3 is 0 Å². The van der Waals surface area contributed by atoms with E-state index in [0.29, 0.717) is 0 Å². The summed E-state index contributed by atoms with van der Waals surface area (Å²) in [6, 6.07) is 65.0. The lowest BCUT2D eigenvalue weighted by molar-refractivity contribution is 0.660. The molecule has 0 aliphatic heterocycles. The van der Waals surface area contributed by atoms with Crippen molar-refractivity contribution < 1.29 is 0 Å². The van der Waals surface area contributed by atoms with E-state index in [9.17, 15) is 0 Å². The van der Waals surface area contributed by atoms with Crippen molar-refractivity contribution in [1.82, 2.24) is 0 Å². The van der Waals surface area contributed by atoms with E-state index in [1.54, 1.807) is 0 Å². The summed E-state index contributed by atoms with van der Waals surface area (Å²) in [5, 5.41) is 10.1. The fraction of sp³-hybridized carbons (Fsp3) is 0.0612. The van der Waals surface area contributed by atoms with E-state index < -0.39 is 0 Å². The summed E-state index contributed by atoms with van der Waals surface area (Å²) < 4.78 is 0. The second-order valence-electron chi connectivity index (χ2n) is 14.1. The van der Waals surface area contributed by atoms with Crippen LogP contribution in [0.4, 0.5) is 17.1 Å². The van der Waals surface area contributed by atoms with Crippen LogP contribution >= 0.6 is 0 Å². The summed E-state index contributed by atoms with van der Waals surface area (Å²) in [4.78, 5) is 2.52. The molecule has 1 heteroatoms. The molecule has 1 aliphatic carbocycles. The molecule has 0 fully saturated rings. The first-order chi connectivity index (χ1) is 24.6. The van der Waals surface area contributed by atoms with Gasteiger partial charge in [-0.25, -0.2) is 0 Å². The van der Waals surface area contributed by atoms with Gasteiger partial charge in [-0.1, -0.05) is 159 Å². The largest absolute Gasteiger partial charge is 0.309 e. The third-order valence-electron chi connectivity index (χ3n) is 11.0. The Morgan fingerprint density at radius 2 is 0.980 bits per heavy atom. The average molecular weight is 638 g/mol. The SMILES string of the molecule is CC1(C)c2ccccc2-c2c(N(c3ccc(-c4ccc5ccccc5c4)cc3)c3cccc4ccc5ccc6ccccc6c5c34)cccc21. The van der Waals surface area contributed by atoms with Crippen molar-refractivity contribution in [3.05, 3.63) is 187 Å². The Morgan fingerprint density at radius 1 is 0.400 bits per heavy atom. The molecular weight excluding hydrogens is 603 g/mol. The minimum Gasteiger partial charge on any atom is -0.309 e. The summed E-state index contributed by atoms with van der Waals surface area (Å²) in [6.45, 7) is 4.73. The van der Waals surface area contributed by atoms with Crippen LogP contribution in [0, 0.1) is 0 Å². The van der Waals surface area contributed by atoms with Crippen LogP contribution < -0.4 is 4.90 Å². The van der Waals surface area contributed by atoms with E-state index in [2.05, 4.69) is 195 Å². The van der Waals surface area contributed by atoms with Gasteiger partial charge in [0.15, 0.2) is 0 Å². The Hall–Kier alpha value is -6.18. The van der Waals surface area contributed by atoms with Crippen LogP contribution in [0.2, 0.25) is 0 Å². The Kier molecular flexibility index (Phi) is 6.29. The fourth-order valence-electron chi connectivity index (χ4n) is 8.54. The van der Waals surface area contributed by atoms with Crippen molar-refractivity contribution in [1.29, 1.82) is 0 Å². The van der Waals surface area contributed by atoms with Crippen molar-refractivity contribution in [2.24, 2.45) is 0 Å². The molecular formula is C49H35N. The second-order valence-corrected chi connectivity index (χ2v) is 14.1. The number of rotatable bonds is 4. The van der Waals surface area contributed by atoms with Crippen LogP contribution in [-0.4, -0.2) is 0 Å². The molecule has 0 saturated carbocycles. The average Bonchev–Trinajstić information content (AvgIpc) is 3.41. The molecule has 50 heavy (non-hydrogen) atoms. The van der Waals surface area contributed by atoms with E-state index in [0.717, 1.165) is 5.69 Å². The van der Waals surface area contributed by atoms with E-state index in [-0.39, 0.29) is 5.41 Å². The molecule has 0 N–H and O–H groups in total. The molecule has 0 unspecified atom stereocenters. The maximum Gasteiger partial charge on any atom is 0.0546 e. The van der Waals surface area contributed by atoms with Gasteiger partial charge in [-0.3, -0.25) is 0 Å². The highest BCUT2D eigenvalue weighted by Gasteiger charge is 2.37. The molecule has 9 aromatic rings. The van der Waals surface area contributed by atoms with Crippen molar-refractivity contribution in [3.63, 3.8) is 0 Å². The first-order valence-electron chi connectivity index (χ1n) is 17.5. The number of fused-ring (bicyclic) bond motifs is 9. The maximum atomic E-state index is 2.52. The molecule has 0 atom stereocenters. The summed E-state index contributed by atoms with van der Waals surface area (Å²) in [7, 11) is 0. The molecule has 1 aliphatic rings. The first kappa shape index (κ1) is 28.8. The normalized spacial score (nSPS) is 13.2. The topological polar surface area (TPSA) is 3.24 Å². The number of hydrogen-bond acceptors (Lipinski definition) is 1. The van der Waals surface area contributed by atoms with Crippen LogP contribution in [0.5, 0.6) is 0 Å². The number of anilines is 3. The Labute approximate surface area is 292 Å². The molecule has 9 aromatic carbocycles. The Balaban J connectivity index is 1.26. The van der Waals surface area contributed by atoms with Crippen LogP contribution in [0.3, 0.4) is 0 Å². The number of nitrogens with zero attached hydrogens (tertiary/aromatic N) is 1. The van der Waals surface area contributed by atoms with E-state index in [1.165, 1.54) is 87.8 Å². The molecule has 236 valence electrons. The minimum absolute atomic E-state index is 0.102. The molecule has 1 nitrogen and oxygen atoms in total. The number of benzene rings is 9. The predicted molar refractivity (Wildman–Crippen MR) is 214 cm³/mol. The maximum absolute atomic E-state index is 2.52. The molecule has 0 amide bonds. The van der Waals surface area contributed by atoms with E-state index >= 15 is 0 Å². The molecule has 0 bridgehead atoms. The standard InChI is InChI=1S/C49H35N/c1-49(2)42-17-8-7-16-41(42)48-43(49)18-10-20-45(48)50(39-29-27-33(28-30-39)38-26-21-32-11-3-4-13-37(32)31-38)44-19-9-14-35-24-25-36-23-22-34-12-5-6-15-40(34)46(36)47(35)44/h3-31H,1-2H3. The van der Waals surface area contributed by atoms with Crippen LogP contribution in [0.15, 0.2) is 176 Å². The van der Waals surface area contributed by atoms with Crippen molar-refractivity contribution >= 4 is 60.2 Å². The first-order valence-corrected chi connectivity index (χ1v) is 17.5. The van der Waals surface area contributed by atoms with Crippen LogP contribution in [0.1, 0.15) is 25.0 Å². The molecule has 0 heterocycles. The minimum atomic E-state index is -0.102. The Morgan fingerprint density at radius 3 is 1.82 bits per heavy atom. The lowest BCUT2D eigenvalue weighted by Crippen LogP contribution is -2.16. The van der Waals surface area contributed by atoms with E-state index in [4.69, 9.17) is 0 Å². The third-order valence-corrected chi connectivity index (χ3v) is 11.0. The fourth-order valence-corrected chi connectivity index (χ4v) is 8.54. The zero-order chi connectivity index (χ0) is 33.4. The van der Waals surface area contributed by atoms with Gasteiger partial charge in [-0.2, -0.15) is 0 Å². The summed E-state index contributed by atoms with van der Waals surface area (Å²) >= 11 is 0. The van der Waals surface area contributed by atoms with Gasteiger partial charge in [0.05, 0.1) is 11.4 Å². The summed E-state index contributed by atoms with van der Waals surface area (Å²) in [6.07, 6.45) is 0. The lowest BCUT2D eigenvalue weighted by Gasteiger charge is -2.30. The van der Waals surface area contributed by atoms with Gasteiger partial charge in [0.1, 0.15) is 0 Å². The third kappa shape index (κ3) is 4.27. The summed E-state index contributed by atoms with van der Waals surface area (Å²) in [5.74, 6) is 0. The highest BCUT2D eigenvalue weighted by atomic mass is 15.1. The van der Waals surface area contributed by atoms with Gasteiger partial charge in [0.2, 0.25) is 0 Å². The zero-order valence-corrected chi connectivity index (χ0v) is 28.2. The van der Waals surface area contributed by atoms with Crippen molar-refractivity contribution in [2.75, 3.05) is 4.90 Å². The highest BCUT2D eigenvalue weighted by Crippen LogP contribution is 2.55. The van der Waals surface area contributed by atoms with Crippen molar-refractivity contribution in [2.45, 2.75) is 19.3 Å². The predicted octanol–water partition coefficient (Wildman–Crippen LogP) is 13.7.